The van der Waals surface area contributed by atoms with Crippen molar-refractivity contribution in [3.05, 3.63) is 34.1 Å². The lowest BCUT2D eigenvalue weighted by molar-refractivity contribution is 0.0691. The standard InChI is InChI=1S/C8H4ClF3O2/c9-4-1-3(7(11)12)2-5(10)6(4)8(13)14/h1-2,7H,(H,13,14). The first-order valence-electron chi connectivity index (χ1n) is 3.44. The lowest BCUT2D eigenvalue weighted by atomic mass is 10.1. The number of hydrogen-bond donors (Lipinski definition) is 1. The molecule has 1 aromatic carbocycles. The Bertz CT molecular complexity index is 356. The number of aromatic carboxylic acids is 1. The highest BCUT2D eigenvalue weighted by molar-refractivity contribution is 6.33. The molecular weight excluding hydrogens is 221 g/mol. The quantitative estimate of drug-likeness (QED) is 0.838. The lowest BCUT2D eigenvalue weighted by Gasteiger charge is -2.04. The zero-order chi connectivity index (χ0) is 10.9. The summed E-state index contributed by atoms with van der Waals surface area (Å²) >= 11 is 5.32. The molecule has 0 unspecified atom stereocenters. The van der Waals surface area contributed by atoms with Crippen LogP contribution in [0.15, 0.2) is 12.1 Å². The van der Waals surface area contributed by atoms with Gasteiger partial charge in [0, 0.05) is 5.56 Å². The Morgan fingerprint density at radius 3 is 2.36 bits per heavy atom. The monoisotopic (exact) mass is 224 g/mol. The van der Waals surface area contributed by atoms with Gasteiger partial charge in [-0.3, -0.25) is 0 Å². The van der Waals surface area contributed by atoms with Crippen molar-refractivity contribution in [1.29, 1.82) is 0 Å². The lowest BCUT2D eigenvalue weighted by Crippen LogP contribution is -2.03. The highest BCUT2D eigenvalue weighted by atomic mass is 35.5. The van der Waals surface area contributed by atoms with Crippen LogP contribution in [-0.2, 0) is 0 Å². The molecule has 6 heteroatoms. The Hall–Kier alpha value is -1.23. The Morgan fingerprint density at radius 1 is 1.43 bits per heavy atom. The molecule has 0 saturated heterocycles. The molecule has 0 fully saturated rings. The fraction of sp³-hybridized carbons (Fsp3) is 0.125. The van der Waals surface area contributed by atoms with Crippen LogP contribution in [0.5, 0.6) is 0 Å². The Labute approximate surface area is 81.9 Å². The van der Waals surface area contributed by atoms with Gasteiger partial charge in [-0.05, 0) is 12.1 Å². The van der Waals surface area contributed by atoms with Crippen molar-refractivity contribution in [3.8, 4) is 0 Å². The zero-order valence-corrected chi connectivity index (χ0v) is 7.36. The van der Waals surface area contributed by atoms with E-state index in [-0.39, 0.29) is 0 Å². The van der Waals surface area contributed by atoms with Gasteiger partial charge in [-0.15, -0.1) is 0 Å². The molecule has 1 N–H and O–H groups in total. The van der Waals surface area contributed by atoms with Gasteiger partial charge in [0.15, 0.2) is 0 Å². The third kappa shape index (κ3) is 1.98. The van der Waals surface area contributed by atoms with Gasteiger partial charge >= 0.3 is 5.97 Å². The first kappa shape index (κ1) is 10.8. The molecule has 0 aliphatic heterocycles. The minimum absolute atomic E-state index is 0.458. The molecule has 0 aromatic heterocycles. The van der Waals surface area contributed by atoms with Crippen LogP contribution in [0.4, 0.5) is 13.2 Å². The molecule has 0 aliphatic rings. The van der Waals surface area contributed by atoms with Gasteiger partial charge in [0.2, 0.25) is 0 Å². The normalized spacial score (nSPS) is 10.6. The maximum Gasteiger partial charge on any atom is 0.340 e. The van der Waals surface area contributed by atoms with Crippen molar-refractivity contribution in [2.45, 2.75) is 6.43 Å². The van der Waals surface area contributed by atoms with Gasteiger partial charge in [0.1, 0.15) is 11.4 Å². The molecule has 0 amide bonds. The van der Waals surface area contributed by atoms with Gasteiger partial charge in [0.25, 0.3) is 6.43 Å². The summed E-state index contributed by atoms with van der Waals surface area (Å²) < 4.78 is 37.1. The molecule has 0 aliphatic carbocycles. The number of halogens is 4. The third-order valence-electron chi connectivity index (χ3n) is 1.53. The Balaban J connectivity index is 3.32. The van der Waals surface area contributed by atoms with Gasteiger partial charge in [-0.1, -0.05) is 11.6 Å². The van der Waals surface area contributed by atoms with Crippen LogP contribution in [0.1, 0.15) is 22.3 Å². The summed E-state index contributed by atoms with van der Waals surface area (Å²) in [6, 6.07) is 1.19. The predicted octanol–water partition coefficient (Wildman–Crippen LogP) is 3.11. The second-order valence-corrected chi connectivity index (χ2v) is 2.87. The summed E-state index contributed by atoms with van der Waals surface area (Å²) in [4.78, 5) is 10.4. The average Bonchev–Trinajstić information content (AvgIpc) is 2.01. The van der Waals surface area contributed by atoms with Crippen LogP contribution in [0.3, 0.4) is 0 Å². The highest BCUT2D eigenvalue weighted by Crippen LogP contribution is 2.27. The van der Waals surface area contributed by atoms with Gasteiger partial charge < -0.3 is 5.11 Å². The predicted molar refractivity (Wildman–Crippen MR) is 43.3 cm³/mol. The molecule has 2 nitrogen and oxygen atoms in total. The zero-order valence-electron chi connectivity index (χ0n) is 6.60. The molecule has 14 heavy (non-hydrogen) atoms. The van der Waals surface area contributed by atoms with Crippen LogP contribution < -0.4 is 0 Å². The van der Waals surface area contributed by atoms with E-state index in [4.69, 9.17) is 16.7 Å². The highest BCUT2D eigenvalue weighted by Gasteiger charge is 2.19. The second kappa shape index (κ2) is 3.88. The summed E-state index contributed by atoms with van der Waals surface area (Å²) in [5, 5.41) is 7.93. The molecular formula is C8H4ClF3O2. The second-order valence-electron chi connectivity index (χ2n) is 2.47. The van der Waals surface area contributed by atoms with Crippen LogP contribution in [0.25, 0.3) is 0 Å². The van der Waals surface area contributed by atoms with Crippen LogP contribution in [0, 0.1) is 5.82 Å². The largest absolute Gasteiger partial charge is 0.478 e. The number of alkyl halides is 2. The average molecular weight is 225 g/mol. The molecule has 76 valence electrons. The van der Waals surface area contributed by atoms with Gasteiger partial charge in [-0.25, -0.2) is 18.0 Å². The van der Waals surface area contributed by atoms with E-state index in [1.54, 1.807) is 0 Å². The Kier molecular flexibility index (Phi) is 3.00. The van der Waals surface area contributed by atoms with E-state index in [0.717, 1.165) is 6.07 Å². The summed E-state index contributed by atoms with van der Waals surface area (Å²) in [5.41, 5.74) is -1.44. The Morgan fingerprint density at radius 2 is 2.00 bits per heavy atom. The number of carboxylic acids is 1. The number of carboxylic acid groups (broad SMARTS) is 1. The topological polar surface area (TPSA) is 37.3 Å². The van der Waals surface area contributed by atoms with Crippen molar-refractivity contribution in [2.24, 2.45) is 0 Å². The maximum atomic E-state index is 12.9. The minimum atomic E-state index is -2.88. The summed E-state index contributed by atoms with van der Waals surface area (Å²) in [7, 11) is 0. The van der Waals surface area contributed by atoms with E-state index in [1.807, 2.05) is 0 Å². The van der Waals surface area contributed by atoms with Crippen LogP contribution >= 0.6 is 11.6 Å². The summed E-state index contributed by atoms with van der Waals surface area (Å²) in [5.74, 6) is -2.85. The molecule has 0 spiro atoms. The van der Waals surface area contributed by atoms with Crippen molar-refractivity contribution in [3.63, 3.8) is 0 Å². The summed E-state index contributed by atoms with van der Waals surface area (Å²) in [6.45, 7) is 0. The number of hydrogen-bond acceptors (Lipinski definition) is 1. The molecule has 1 rings (SSSR count). The molecule has 0 bridgehead atoms. The van der Waals surface area contributed by atoms with Crippen LogP contribution in [-0.4, -0.2) is 11.1 Å². The van der Waals surface area contributed by atoms with Crippen molar-refractivity contribution in [1.82, 2.24) is 0 Å². The summed E-state index contributed by atoms with van der Waals surface area (Å²) in [6.07, 6.45) is -2.88. The van der Waals surface area contributed by atoms with Crippen LogP contribution in [0.2, 0.25) is 5.02 Å². The first-order valence-corrected chi connectivity index (χ1v) is 3.81. The third-order valence-corrected chi connectivity index (χ3v) is 1.83. The molecule has 0 saturated carbocycles. The fourth-order valence-electron chi connectivity index (χ4n) is 0.923. The smallest absolute Gasteiger partial charge is 0.340 e. The van der Waals surface area contributed by atoms with E-state index >= 15 is 0 Å². The van der Waals surface area contributed by atoms with Gasteiger partial charge in [0.05, 0.1) is 5.02 Å². The van der Waals surface area contributed by atoms with Gasteiger partial charge in [-0.2, -0.15) is 0 Å². The van der Waals surface area contributed by atoms with E-state index < -0.39 is 34.4 Å². The molecule has 0 heterocycles. The van der Waals surface area contributed by atoms with E-state index in [1.165, 1.54) is 0 Å². The molecule has 1 aromatic rings. The number of carbonyl (C=O) groups is 1. The van der Waals surface area contributed by atoms with E-state index in [2.05, 4.69) is 0 Å². The SMILES string of the molecule is O=C(O)c1c(F)cc(C(F)F)cc1Cl. The fourth-order valence-corrected chi connectivity index (χ4v) is 1.22. The molecule has 0 atom stereocenters. The minimum Gasteiger partial charge on any atom is -0.478 e. The number of benzene rings is 1. The van der Waals surface area contributed by atoms with E-state index in [9.17, 15) is 18.0 Å². The number of rotatable bonds is 2. The van der Waals surface area contributed by atoms with Crippen molar-refractivity contribution >= 4 is 17.6 Å². The van der Waals surface area contributed by atoms with E-state index in [0.29, 0.717) is 6.07 Å². The maximum absolute atomic E-state index is 12.9. The first-order chi connectivity index (χ1) is 6.43. The van der Waals surface area contributed by atoms with Crippen molar-refractivity contribution in [2.75, 3.05) is 0 Å². The van der Waals surface area contributed by atoms with Crippen molar-refractivity contribution < 1.29 is 23.1 Å². The molecule has 0 radical (unpaired) electrons.